The van der Waals surface area contributed by atoms with E-state index in [4.69, 9.17) is 5.73 Å². The van der Waals surface area contributed by atoms with E-state index in [1.54, 1.807) is 0 Å². The Morgan fingerprint density at radius 1 is 1.61 bits per heavy atom. The van der Waals surface area contributed by atoms with Gasteiger partial charge in [-0.05, 0) is 38.0 Å². The van der Waals surface area contributed by atoms with Crippen molar-refractivity contribution in [2.75, 3.05) is 37.4 Å². The number of nitrogens with zero attached hydrogens (tertiary/aromatic N) is 2. The van der Waals surface area contributed by atoms with E-state index in [0.29, 0.717) is 11.0 Å². The fourth-order valence-corrected chi connectivity index (χ4v) is 4.29. The van der Waals surface area contributed by atoms with Crippen LogP contribution >= 0.6 is 11.5 Å². The van der Waals surface area contributed by atoms with Crippen molar-refractivity contribution in [1.82, 2.24) is 9.27 Å². The molecular weight excluding hydrogens is 272 g/mol. The van der Waals surface area contributed by atoms with E-state index >= 15 is 0 Å². The van der Waals surface area contributed by atoms with Crippen molar-refractivity contribution in [1.29, 1.82) is 0 Å². The van der Waals surface area contributed by atoms with Crippen LogP contribution in [0.2, 0.25) is 0 Å². The Kier molecular flexibility index (Phi) is 3.79. The molecular formula is C10H18N4O2S2. The molecule has 0 spiro atoms. The Balaban J connectivity index is 2.11. The highest BCUT2D eigenvalue weighted by atomic mass is 32.2. The first-order valence-electron chi connectivity index (χ1n) is 5.79. The summed E-state index contributed by atoms with van der Waals surface area (Å²) in [5.41, 5.74) is 5.61. The zero-order valence-corrected chi connectivity index (χ0v) is 12.1. The maximum Gasteiger partial charge on any atom is 0.182 e. The van der Waals surface area contributed by atoms with Gasteiger partial charge in [-0.3, -0.25) is 0 Å². The summed E-state index contributed by atoms with van der Waals surface area (Å²) in [7, 11) is -1.25. The molecule has 1 aliphatic heterocycles. The van der Waals surface area contributed by atoms with Crippen LogP contribution in [0, 0.1) is 0 Å². The second kappa shape index (κ2) is 5.02. The SMILES string of the molecule is CN1CCCC1CNc1snc(N)c1S(C)(=O)=O. The number of aromatic nitrogens is 1. The highest BCUT2D eigenvalue weighted by Crippen LogP contribution is 2.31. The molecule has 8 heteroatoms. The lowest BCUT2D eigenvalue weighted by Gasteiger charge is -2.19. The minimum atomic E-state index is -3.33. The summed E-state index contributed by atoms with van der Waals surface area (Å²) < 4.78 is 27.2. The van der Waals surface area contributed by atoms with Gasteiger partial charge < -0.3 is 16.0 Å². The third kappa shape index (κ3) is 2.76. The van der Waals surface area contributed by atoms with Crippen molar-refractivity contribution in [2.45, 2.75) is 23.8 Å². The van der Waals surface area contributed by atoms with Crippen LogP contribution in [0.25, 0.3) is 0 Å². The highest BCUT2D eigenvalue weighted by Gasteiger charge is 2.24. The fourth-order valence-electron chi connectivity index (χ4n) is 2.21. The molecule has 3 N–H and O–H groups in total. The molecule has 0 aliphatic carbocycles. The summed E-state index contributed by atoms with van der Waals surface area (Å²) >= 11 is 1.10. The molecule has 2 rings (SSSR count). The number of rotatable bonds is 4. The van der Waals surface area contributed by atoms with Gasteiger partial charge in [0, 0.05) is 18.8 Å². The smallest absolute Gasteiger partial charge is 0.182 e. The molecule has 1 aromatic rings. The lowest BCUT2D eigenvalue weighted by atomic mass is 10.2. The molecule has 6 nitrogen and oxygen atoms in total. The van der Waals surface area contributed by atoms with Gasteiger partial charge in [-0.1, -0.05) is 0 Å². The fraction of sp³-hybridized carbons (Fsp3) is 0.700. The van der Waals surface area contributed by atoms with Crippen LogP contribution in [0.5, 0.6) is 0 Å². The average Bonchev–Trinajstić information content (AvgIpc) is 2.81. The summed E-state index contributed by atoms with van der Waals surface area (Å²) in [6.45, 7) is 1.82. The molecule has 0 aromatic carbocycles. The van der Waals surface area contributed by atoms with Gasteiger partial charge in [-0.25, -0.2) is 8.42 Å². The van der Waals surface area contributed by atoms with Crippen molar-refractivity contribution in [3.8, 4) is 0 Å². The minimum absolute atomic E-state index is 0.0878. The van der Waals surface area contributed by atoms with Gasteiger partial charge in [0.1, 0.15) is 9.90 Å². The number of nitrogens with two attached hydrogens (primary N) is 1. The third-order valence-corrected chi connectivity index (χ3v) is 5.32. The first kappa shape index (κ1) is 13.6. The van der Waals surface area contributed by atoms with E-state index < -0.39 is 9.84 Å². The van der Waals surface area contributed by atoms with Crippen molar-refractivity contribution >= 4 is 32.2 Å². The number of sulfone groups is 1. The maximum atomic E-state index is 11.6. The van der Waals surface area contributed by atoms with Crippen LogP contribution in [-0.2, 0) is 9.84 Å². The van der Waals surface area contributed by atoms with Crippen molar-refractivity contribution in [3.63, 3.8) is 0 Å². The molecule has 1 saturated heterocycles. The summed E-state index contributed by atoms with van der Waals surface area (Å²) in [6, 6.07) is 0.445. The molecule has 2 heterocycles. The highest BCUT2D eigenvalue weighted by molar-refractivity contribution is 7.91. The number of hydrogen-bond donors (Lipinski definition) is 2. The number of likely N-dealkylation sites (tertiary alicyclic amines) is 1. The normalized spacial score (nSPS) is 21.3. The standard InChI is InChI=1S/C10H18N4O2S2/c1-14-5-3-4-7(14)6-12-10-8(18(2,15)16)9(11)13-17-10/h7,12H,3-6H2,1-2H3,(H2,11,13). The van der Waals surface area contributed by atoms with Crippen LogP contribution < -0.4 is 11.1 Å². The zero-order chi connectivity index (χ0) is 13.3. The van der Waals surface area contributed by atoms with Gasteiger partial charge in [0.2, 0.25) is 0 Å². The predicted octanol–water partition coefficient (Wildman–Crippen LogP) is 0.635. The summed E-state index contributed by atoms with van der Waals surface area (Å²) in [5.74, 6) is 0.0878. The Morgan fingerprint density at radius 3 is 2.89 bits per heavy atom. The minimum Gasteiger partial charge on any atom is -0.382 e. The van der Waals surface area contributed by atoms with Crippen molar-refractivity contribution in [2.24, 2.45) is 0 Å². The summed E-state index contributed by atoms with van der Waals surface area (Å²) in [5, 5.41) is 3.72. The quantitative estimate of drug-likeness (QED) is 0.846. The molecule has 1 aromatic heterocycles. The van der Waals surface area contributed by atoms with Gasteiger partial charge in [-0.2, -0.15) is 4.37 Å². The van der Waals surface area contributed by atoms with E-state index in [0.717, 1.165) is 37.3 Å². The molecule has 0 bridgehead atoms. The van der Waals surface area contributed by atoms with Crippen LogP contribution in [0.4, 0.5) is 10.8 Å². The molecule has 18 heavy (non-hydrogen) atoms. The van der Waals surface area contributed by atoms with Gasteiger partial charge in [0.15, 0.2) is 15.7 Å². The predicted molar refractivity (Wildman–Crippen MR) is 73.8 cm³/mol. The molecule has 0 radical (unpaired) electrons. The second-order valence-corrected chi connectivity index (χ2v) is 7.38. The second-order valence-electron chi connectivity index (χ2n) is 4.66. The largest absolute Gasteiger partial charge is 0.382 e. The van der Waals surface area contributed by atoms with Crippen LogP contribution in [-0.4, -0.2) is 50.1 Å². The average molecular weight is 290 g/mol. The first-order valence-corrected chi connectivity index (χ1v) is 8.45. The van der Waals surface area contributed by atoms with Crippen molar-refractivity contribution < 1.29 is 8.42 Å². The summed E-state index contributed by atoms with van der Waals surface area (Å²) in [6.07, 6.45) is 3.47. The van der Waals surface area contributed by atoms with Crippen molar-refractivity contribution in [3.05, 3.63) is 0 Å². The van der Waals surface area contributed by atoms with Gasteiger partial charge in [0.25, 0.3) is 0 Å². The topological polar surface area (TPSA) is 88.3 Å². The van der Waals surface area contributed by atoms with E-state index in [1.807, 2.05) is 0 Å². The third-order valence-electron chi connectivity index (χ3n) is 3.21. The first-order chi connectivity index (χ1) is 8.39. The van der Waals surface area contributed by atoms with Gasteiger partial charge in [0.05, 0.1) is 0 Å². The molecule has 0 saturated carbocycles. The molecule has 0 amide bonds. The molecule has 1 fully saturated rings. The van der Waals surface area contributed by atoms with E-state index in [2.05, 4.69) is 21.6 Å². The zero-order valence-electron chi connectivity index (χ0n) is 10.5. The molecule has 1 aliphatic rings. The number of likely N-dealkylation sites (N-methyl/N-ethyl adjacent to an activating group) is 1. The van der Waals surface area contributed by atoms with E-state index in [9.17, 15) is 8.42 Å². The van der Waals surface area contributed by atoms with Crippen LogP contribution in [0.3, 0.4) is 0 Å². The number of hydrogen-bond acceptors (Lipinski definition) is 7. The lowest BCUT2D eigenvalue weighted by Crippen LogP contribution is -2.31. The van der Waals surface area contributed by atoms with E-state index in [-0.39, 0.29) is 10.7 Å². The Bertz CT molecular complexity index is 526. The lowest BCUT2D eigenvalue weighted by molar-refractivity contribution is 0.322. The number of nitrogen functional groups attached to an aromatic ring is 1. The Labute approximate surface area is 111 Å². The van der Waals surface area contributed by atoms with Crippen LogP contribution in [0.1, 0.15) is 12.8 Å². The molecule has 1 atom stereocenters. The monoisotopic (exact) mass is 290 g/mol. The summed E-state index contributed by atoms with van der Waals surface area (Å²) in [4.78, 5) is 2.41. The van der Waals surface area contributed by atoms with E-state index in [1.165, 1.54) is 6.42 Å². The number of nitrogens with one attached hydrogen (secondary N) is 1. The number of anilines is 2. The van der Waals surface area contributed by atoms with Crippen LogP contribution in [0.15, 0.2) is 4.90 Å². The Hall–Kier alpha value is -0.860. The maximum absolute atomic E-state index is 11.6. The molecule has 1 unspecified atom stereocenters. The van der Waals surface area contributed by atoms with Gasteiger partial charge >= 0.3 is 0 Å². The van der Waals surface area contributed by atoms with Gasteiger partial charge in [-0.15, -0.1) is 0 Å². The molecule has 102 valence electrons. The Morgan fingerprint density at radius 2 is 2.33 bits per heavy atom.